The number of carbonyl (C=O) groups is 1. The van der Waals surface area contributed by atoms with Crippen LogP contribution in [0.15, 0.2) is 36.4 Å². The second kappa shape index (κ2) is 7.98. The minimum absolute atomic E-state index is 0. The minimum Gasteiger partial charge on any atom is -0.399 e. The maximum atomic E-state index is 12.5. The van der Waals surface area contributed by atoms with Gasteiger partial charge in [-0.25, -0.2) is 4.98 Å². The number of carbonyl (C=O) groups excluding carboxylic acids is 1. The van der Waals surface area contributed by atoms with Crippen molar-refractivity contribution in [3.63, 3.8) is 0 Å². The van der Waals surface area contributed by atoms with E-state index in [-0.39, 0.29) is 30.7 Å². The largest absolute Gasteiger partial charge is 0.399 e. The summed E-state index contributed by atoms with van der Waals surface area (Å²) in [6, 6.07) is 11.1. The number of nitrogens with one attached hydrogen (secondary N) is 2. The molecule has 1 heterocycles. The van der Waals surface area contributed by atoms with Gasteiger partial charge in [0.25, 0.3) is 5.91 Å². The lowest BCUT2D eigenvalue weighted by Gasteiger charge is -2.22. The molecule has 0 atom stereocenters. The number of nitrogens with zero attached hydrogens (tertiary/aromatic N) is 1. The monoisotopic (exact) mass is 392 g/mol. The fraction of sp³-hybridized carbons (Fsp3) is 0.263. The van der Waals surface area contributed by atoms with Gasteiger partial charge in [-0.05, 0) is 55.7 Å². The van der Waals surface area contributed by atoms with Gasteiger partial charge in [0.1, 0.15) is 5.82 Å². The first-order valence-corrected chi connectivity index (χ1v) is 8.27. The zero-order valence-corrected chi connectivity index (χ0v) is 16.0. The number of imidazole rings is 1. The average Bonchev–Trinajstić information content (AvgIpc) is 2.90. The molecule has 0 unspecified atom stereocenters. The molecule has 0 aliphatic heterocycles. The lowest BCUT2D eigenvalue weighted by molar-refractivity contribution is 0.102. The minimum atomic E-state index is -0.155. The Bertz CT molecular complexity index is 934. The highest BCUT2D eigenvalue weighted by atomic mass is 35.5. The van der Waals surface area contributed by atoms with Gasteiger partial charge in [0.15, 0.2) is 0 Å². The Kier molecular flexibility index (Phi) is 6.16. The van der Waals surface area contributed by atoms with Gasteiger partial charge in [-0.2, -0.15) is 0 Å². The Morgan fingerprint density at radius 1 is 1.19 bits per heavy atom. The molecule has 1 aromatic heterocycles. The van der Waals surface area contributed by atoms with Crippen molar-refractivity contribution in [2.24, 2.45) is 0 Å². The first-order valence-electron chi connectivity index (χ1n) is 8.27. The highest BCUT2D eigenvalue weighted by molar-refractivity contribution is 6.06. The summed E-state index contributed by atoms with van der Waals surface area (Å²) in [4.78, 5) is 20.5. The van der Waals surface area contributed by atoms with Gasteiger partial charge in [0.05, 0.1) is 11.0 Å². The number of aromatic amines is 1. The van der Waals surface area contributed by atoms with Crippen LogP contribution < -0.4 is 11.1 Å². The van der Waals surface area contributed by atoms with Crippen molar-refractivity contribution in [1.29, 1.82) is 0 Å². The molecule has 0 radical (unpaired) electrons. The molecule has 138 valence electrons. The number of fused-ring (bicyclic) bond motifs is 1. The fourth-order valence-corrected chi connectivity index (χ4v) is 3.06. The van der Waals surface area contributed by atoms with Crippen LogP contribution in [-0.2, 0) is 0 Å². The number of benzene rings is 2. The standard InChI is InChI=1S/C19H20N4O.2ClH/c1-11-5-6-13(20)9-15(11)19(24)21-14-7-8-16-17(10-14)23-18(22-16)12-3-2-4-12;;/h5-10,12H,2-4,20H2,1H3,(H,21,24)(H,22,23);2*1H. The quantitative estimate of drug-likeness (QED) is 0.558. The summed E-state index contributed by atoms with van der Waals surface area (Å²) in [6.07, 6.45) is 3.69. The maximum Gasteiger partial charge on any atom is 0.256 e. The van der Waals surface area contributed by atoms with Crippen molar-refractivity contribution in [3.8, 4) is 0 Å². The number of aryl methyl sites for hydroxylation is 1. The molecule has 1 aliphatic carbocycles. The molecule has 3 aromatic rings. The number of anilines is 2. The maximum absolute atomic E-state index is 12.5. The van der Waals surface area contributed by atoms with Gasteiger partial charge in [-0.3, -0.25) is 4.79 Å². The van der Waals surface area contributed by atoms with Crippen LogP contribution in [0.25, 0.3) is 11.0 Å². The zero-order valence-electron chi connectivity index (χ0n) is 14.4. The second-order valence-corrected chi connectivity index (χ2v) is 6.51. The second-order valence-electron chi connectivity index (χ2n) is 6.51. The van der Waals surface area contributed by atoms with Crippen LogP contribution in [-0.4, -0.2) is 15.9 Å². The van der Waals surface area contributed by atoms with Crippen LogP contribution in [0.2, 0.25) is 0 Å². The van der Waals surface area contributed by atoms with E-state index in [0.717, 1.165) is 28.1 Å². The first kappa shape index (κ1) is 20.1. The summed E-state index contributed by atoms with van der Waals surface area (Å²) in [5.74, 6) is 1.47. The summed E-state index contributed by atoms with van der Waals surface area (Å²) >= 11 is 0. The Morgan fingerprint density at radius 2 is 1.96 bits per heavy atom. The first-order chi connectivity index (χ1) is 11.6. The van der Waals surface area contributed by atoms with Crippen LogP contribution in [0.1, 0.15) is 46.9 Å². The number of hydrogen-bond donors (Lipinski definition) is 3. The van der Waals surface area contributed by atoms with Crippen LogP contribution >= 0.6 is 24.8 Å². The molecule has 4 N–H and O–H groups in total. The smallest absolute Gasteiger partial charge is 0.256 e. The molecule has 0 saturated heterocycles. The summed E-state index contributed by atoms with van der Waals surface area (Å²) in [7, 11) is 0. The highest BCUT2D eigenvalue weighted by Crippen LogP contribution is 2.35. The Balaban J connectivity index is 0.00000121. The predicted molar refractivity (Wildman–Crippen MR) is 111 cm³/mol. The lowest BCUT2D eigenvalue weighted by Crippen LogP contribution is -2.13. The summed E-state index contributed by atoms with van der Waals surface area (Å²) in [5, 5.41) is 2.94. The van der Waals surface area contributed by atoms with E-state index < -0.39 is 0 Å². The van der Waals surface area contributed by atoms with Crippen LogP contribution in [0, 0.1) is 6.92 Å². The topological polar surface area (TPSA) is 83.8 Å². The van der Waals surface area contributed by atoms with Crippen LogP contribution in [0.5, 0.6) is 0 Å². The number of aromatic nitrogens is 2. The van der Waals surface area contributed by atoms with Crippen LogP contribution in [0.4, 0.5) is 11.4 Å². The SMILES string of the molecule is Cc1ccc(N)cc1C(=O)Nc1ccc2nc(C3CCC3)[nH]c2c1.Cl.Cl. The third kappa shape index (κ3) is 3.79. The number of hydrogen-bond acceptors (Lipinski definition) is 3. The van der Waals surface area contributed by atoms with Gasteiger partial charge in [-0.15, -0.1) is 24.8 Å². The molecule has 5 nitrogen and oxygen atoms in total. The van der Waals surface area contributed by atoms with E-state index in [4.69, 9.17) is 5.73 Å². The van der Waals surface area contributed by atoms with E-state index in [0.29, 0.717) is 17.2 Å². The number of amides is 1. The molecular weight excluding hydrogens is 371 g/mol. The van der Waals surface area contributed by atoms with E-state index in [9.17, 15) is 4.79 Å². The van der Waals surface area contributed by atoms with E-state index in [1.54, 1.807) is 12.1 Å². The van der Waals surface area contributed by atoms with Crippen molar-refractivity contribution in [2.45, 2.75) is 32.1 Å². The summed E-state index contributed by atoms with van der Waals surface area (Å²) in [5.41, 5.74) is 10.5. The Morgan fingerprint density at radius 3 is 2.65 bits per heavy atom. The Hall–Kier alpha value is -2.24. The van der Waals surface area contributed by atoms with Crippen molar-refractivity contribution >= 4 is 53.1 Å². The molecule has 1 saturated carbocycles. The molecule has 26 heavy (non-hydrogen) atoms. The molecule has 7 heteroatoms. The normalized spacial score (nSPS) is 13.4. The van der Waals surface area contributed by atoms with Gasteiger partial charge >= 0.3 is 0 Å². The van der Waals surface area contributed by atoms with Gasteiger partial charge in [-0.1, -0.05) is 12.5 Å². The van der Waals surface area contributed by atoms with Crippen molar-refractivity contribution < 1.29 is 4.79 Å². The van der Waals surface area contributed by atoms with E-state index in [1.807, 2.05) is 31.2 Å². The number of rotatable bonds is 3. The predicted octanol–water partition coefficient (Wildman–Crippen LogP) is 4.82. The van der Waals surface area contributed by atoms with Crippen molar-refractivity contribution in [3.05, 3.63) is 53.3 Å². The fourth-order valence-electron chi connectivity index (χ4n) is 3.06. The third-order valence-corrected chi connectivity index (χ3v) is 4.76. The van der Waals surface area contributed by atoms with Gasteiger partial charge < -0.3 is 16.0 Å². The molecule has 2 aromatic carbocycles. The van der Waals surface area contributed by atoms with Gasteiger partial charge in [0.2, 0.25) is 0 Å². The van der Waals surface area contributed by atoms with Crippen molar-refractivity contribution in [2.75, 3.05) is 11.1 Å². The van der Waals surface area contributed by atoms with Gasteiger partial charge in [0, 0.05) is 22.9 Å². The van der Waals surface area contributed by atoms with Crippen LogP contribution in [0.3, 0.4) is 0 Å². The molecule has 1 fully saturated rings. The van der Waals surface area contributed by atoms with E-state index >= 15 is 0 Å². The van der Waals surface area contributed by atoms with E-state index in [1.165, 1.54) is 19.3 Å². The van der Waals surface area contributed by atoms with Crippen molar-refractivity contribution in [1.82, 2.24) is 9.97 Å². The molecule has 4 rings (SSSR count). The molecule has 1 aliphatic rings. The molecule has 0 spiro atoms. The number of nitrogens with two attached hydrogens (primary N) is 1. The lowest BCUT2D eigenvalue weighted by atomic mass is 9.85. The van der Waals surface area contributed by atoms with E-state index in [2.05, 4.69) is 15.3 Å². The third-order valence-electron chi connectivity index (χ3n) is 4.76. The summed E-state index contributed by atoms with van der Waals surface area (Å²) < 4.78 is 0. The summed E-state index contributed by atoms with van der Waals surface area (Å²) in [6.45, 7) is 1.90. The average molecular weight is 393 g/mol. The molecular formula is C19H22Cl2N4O. The molecule has 1 amide bonds. The molecule has 0 bridgehead atoms. The Labute approximate surface area is 164 Å². The number of H-pyrrole nitrogens is 1. The highest BCUT2D eigenvalue weighted by Gasteiger charge is 2.22. The number of nitrogen functional groups attached to an aromatic ring is 1. The zero-order chi connectivity index (χ0) is 16.7. The number of halogens is 2.